The van der Waals surface area contributed by atoms with E-state index in [4.69, 9.17) is 10.2 Å². The topological polar surface area (TPSA) is 77.8 Å². The largest absolute Gasteiger partial charge is 0.477 e. The van der Waals surface area contributed by atoms with Crippen LogP contribution in [0.3, 0.4) is 0 Å². The molecule has 5 nitrogen and oxygen atoms in total. The minimum Gasteiger partial charge on any atom is -0.477 e. The van der Waals surface area contributed by atoms with Crippen molar-refractivity contribution in [1.29, 1.82) is 0 Å². The Morgan fingerprint density at radius 2 is 2.00 bits per heavy atom. The van der Waals surface area contributed by atoms with Gasteiger partial charge in [-0.05, 0) is 0 Å². The molecule has 1 heterocycles. The summed E-state index contributed by atoms with van der Waals surface area (Å²) in [6, 6.07) is 0. The third-order valence-electron chi connectivity index (χ3n) is 1.46. The molecule has 0 atom stereocenters. The molecule has 1 rings (SSSR count). The van der Waals surface area contributed by atoms with Gasteiger partial charge in [-0.25, -0.2) is 9.59 Å². The molecular formula is C6H5F2NO4. The van der Waals surface area contributed by atoms with Crippen LogP contribution < -0.4 is 0 Å². The van der Waals surface area contributed by atoms with Gasteiger partial charge in [0, 0.05) is 6.08 Å². The molecule has 7 heteroatoms. The molecule has 0 bridgehead atoms. The highest BCUT2D eigenvalue weighted by atomic mass is 19.3. The van der Waals surface area contributed by atoms with Crippen LogP contribution >= 0.6 is 0 Å². The average molecular weight is 193 g/mol. The van der Waals surface area contributed by atoms with E-state index in [1.165, 1.54) is 0 Å². The average Bonchev–Trinajstić information content (AvgIpc) is 2.26. The molecule has 2 N–H and O–H groups in total. The van der Waals surface area contributed by atoms with E-state index in [1.54, 1.807) is 0 Å². The summed E-state index contributed by atoms with van der Waals surface area (Å²) >= 11 is 0. The Labute approximate surface area is 70.9 Å². The number of hydrogen-bond acceptors (Lipinski definition) is 2. The van der Waals surface area contributed by atoms with Crippen LogP contribution in [0.5, 0.6) is 0 Å². The molecule has 0 saturated carbocycles. The van der Waals surface area contributed by atoms with Crippen molar-refractivity contribution in [2.24, 2.45) is 0 Å². The van der Waals surface area contributed by atoms with Gasteiger partial charge < -0.3 is 10.2 Å². The lowest BCUT2D eigenvalue weighted by Crippen LogP contribution is -2.33. The number of amides is 1. The van der Waals surface area contributed by atoms with Gasteiger partial charge in [-0.1, -0.05) is 0 Å². The van der Waals surface area contributed by atoms with E-state index in [0.717, 1.165) is 0 Å². The second-order valence-corrected chi connectivity index (χ2v) is 2.46. The van der Waals surface area contributed by atoms with Crippen LogP contribution in [-0.4, -0.2) is 39.6 Å². The fourth-order valence-corrected chi connectivity index (χ4v) is 0.967. The molecule has 0 aliphatic carbocycles. The first kappa shape index (κ1) is 9.43. The van der Waals surface area contributed by atoms with Crippen molar-refractivity contribution in [2.45, 2.75) is 5.92 Å². The van der Waals surface area contributed by atoms with E-state index < -0.39 is 30.2 Å². The molecule has 0 saturated heterocycles. The first-order valence-electron chi connectivity index (χ1n) is 3.18. The molecule has 1 aliphatic heterocycles. The number of nitrogens with zero attached hydrogens (tertiary/aromatic N) is 1. The van der Waals surface area contributed by atoms with Gasteiger partial charge in [0.2, 0.25) is 0 Å². The predicted molar refractivity (Wildman–Crippen MR) is 35.4 cm³/mol. The second kappa shape index (κ2) is 2.68. The fourth-order valence-electron chi connectivity index (χ4n) is 0.967. The molecule has 0 aromatic heterocycles. The minimum absolute atomic E-state index is 0.0995. The zero-order chi connectivity index (χ0) is 10.2. The van der Waals surface area contributed by atoms with Gasteiger partial charge in [0.1, 0.15) is 5.70 Å². The molecule has 0 aromatic carbocycles. The van der Waals surface area contributed by atoms with Crippen molar-refractivity contribution in [2.75, 3.05) is 6.54 Å². The van der Waals surface area contributed by atoms with E-state index in [-0.39, 0.29) is 11.0 Å². The summed E-state index contributed by atoms with van der Waals surface area (Å²) in [5, 5.41) is 16.7. The summed E-state index contributed by atoms with van der Waals surface area (Å²) in [7, 11) is 0. The molecule has 1 aliphatic rings. The van der Waals surface area contributed by atoms with Gasteiger partial charge in [-0.15, -0.1) is 0 Å². The van der Waals surface area contributed by atoms with Gasteiger partial charge in [0.25, 0.3) is 5.92 Å². The predicted octanol–water partition coefficient (Wildman–Crippen LogP) is 0.584. The van der Waals surface area contributed by atoms with Crippen molar-refractivity contribution in [1.82, 2.24) is 4.90 Å². The second-order valence-electron chi connectivity index (χ2n) is 2.46. The number of carboxylic acids is 1. The Morgan fingerprint density at radius 1 is 1.46 bits per heavy atom. The van der Waals surface area contributed by atoms with Crippen LogP contribution in [0.2, 0.25) is 0 Å². The molecule has 1 amide bonds. The molecule has 72 valence electrons. The normalized spacial score (nSPS) is 19.8. The Balaban J connectivity index is 3.00. The van der Waals surface area contributed by atoms with E-state index >= 15 is 0 Å². The maximum atomic E-state index is 12.5. The summed E-state index contributed by atoms with van der Waals surface area (Å²) in [6.07, 6.45) is -1.57. The number of alkyl halides is 2. The van der Waals surface area contributed by atoms with Crippen molar-refractivity contribution in [3.8, 4) is 0 Å². The number of carboxylic acid groups (broad SMARTS) is 2. The molecule has 0 unspecified atom stereocenters. The zero-order valence-corrected chi connectivity index (χ0v) is 6.20. The number of hydrogen-bond donors (Lipinski definition) is 2. The van der Waals surface area contributed by atoms with Gasteiger partial charge in [-0.2, -0.15) is 8.78 Å². The molecule has 0 radical (unpaired) electrons. The van der Waals surface area contributed by atoms with Crippen LogP contribution in [0.4, 0.5) is 13.6 Å². The summed E-state index contributed by atoms with van der Waals surface area (Å²) in [4.78, 5) is 20.7. The first-order chi connectivity index (χ1) is 5.83. The fraction of sp³-hybridized carbons (Fsp3) is 0.333. The monoisotopic (exact) mass is 193 g/mol. The SMILES string of the molecule is O=C(O)C1=CC(F)(F)CN1C(=O)O. The highest BCUT2D eigenvalue weighted by molar-refractivity contribution is 5.91. The van der Waals surface area contributed by atoms with Crippen molar-refractivity contribution < 1.29 is 28.6 Å². The lowest BCUT2D eigenvalue weighted by atomic mass is 10.3. The number of carbonyl (C=O) groups is 2. The van der Waals surface area contributed by atoms with Gasteiger partial charge in [0.05, 0.1) is 6.54 Å². The Kier molecular flexibility index (Phi) is 1.94. The molecule has 0 aromatic rings. The third kappa shape index (κ3) is 1.74. The third-order valence-corrected chi connectivity index (χ3v) is 1.46. The van der Waals surface area contributed by atoms with Crippen LogP contribution in [-0.2, 0) is 4.79 Å². The molecule has 0 fully saturated rings. The standard InChI is InChI=1S/C6H5F2NO4/c7-6(8)1-3(4(10)11)9(2-6)5(12)13/h1H,2H2,(H,10,11)(H,12,13). The van der Waals surface area contributed by atoms with Gasteiger partial charge in [-0.3, -0.25) is 4.90 Å². The maximum Gasteiger partial charge on any atom is 0.412 e. The van der Waals surface area contributed by atoms with Gasteiger partial charge in [0.15, 0.2) is 0 Å². The van der Waals surface area contributed by atoms with Crippen LogP contribution in [0.1, 0.15) is 0 Å². The van der Waals surface area contributed by atoms with Crippen molar-refractivity contribution in [3.05, 3.63) is 11.8 Å². The maximum absolute atomic E-state index is 12.5. The lowest BCUT2D eigenvalue weighted by Gasteiger charge is -2.13. The Morgan fingerprint density at radius 3 is 2.31 bits per heavy atom. The molecule has 0 spiro atoms. The zero-order valence-electron chi connectivity index (χ0n) is 6.20. The summed E-state index contributed by atoms with van der Waals surface area (Å²) < 4.78 is 25.0. The highest BCUT2D eigenvalue weighted by Gasteiger charge is 2.43. The van der Waals surface area contributed by atoms with Crippen LogP contribution in [0, 0.1) is 0 Å². The highest BCUT2D eigenvalue weighted by Crippen LogP contribution is 2.28. The van der Waals surface area contributed by atoms with E-state index in [1.807, 2.05) is 0 Å². The quantitative estimate of drug-likeness (QED) is 0.638. The summed E-state index contributed by atoms with van der Waals surface area (Å²) in [6.45, 7) is -1.13. The summed E-state index contributed by atoms with van der Waals surface area (Å²) in [5.41, 5.74) is -0.905. The number of rotatable bonds is 1. The Hall–Kier alpha value is -1.66. The molecular weight excluding hydrogens is 188 g/mol. The Bertz CT molecular complexity index is 299. The van der Waals surface area contributed by atoms with Crippen molar-refractivity contribution in [3.63, 3.8) is 0 Å². The summed E-state index contributed by atoms with van der Waals surface area (Å²) in [5.74, 6) is -5.08. The van der Waals surface area contributed by atoms with Crippen molar-refractivity contribution >= 4 is 12.1 Å². The van der Waals surface area contributed by atoms with E-state index in [2.05, 4.69) is 0 Å². The molecule has 13 heavy (non-hydrogen) atoms. The first-order valence-corrected chi connectivity index (χ1v) is 3.18. The van der Waals surface area contributed by atoms with Crippen LogP contribution in [0.25, 0.3) is 0 Å². The van der Waals surface area contributed by atoms with Crippen LogP contribution in [0.15, 0.2) is 11.8 Å². The lowest BCUT2D eigenvalue weighted by molar-refractivity contribution is -0.134. The number of halogens is 2. The minimum atomic E-state index is -3.40. The van der Waals surface area contributed by atoms with E-state index in [9.17, 15) is 18.4 Å². The van der Waals surface area contributed by atoms with Gasteiger partial charge >= 0.3 is 12.1 Å². The smallest absolute Gasteiger partial charge is 0.412 e. The van der Waals surface area contributed by atoms with E-state index in [0.29, 0.717) is 0 Å². The number of aliphatic carboxylic acids is 1.